The van der Waals surface area contributed by atoms with Gasteiger partial charge in [0.15, 0.2) is 0 Å². The van der Waals surface area contributed by atoms with E-state index >= 15 is 0 Å². The number of rotatable bonds is 7. The number of ether oxygens (including phenoxy) is 2. The number of carbonyl (C=O) groups excluding carboxylic acids is 1. The van der Waals surface area contributed by atoms with Gasteiger partial charge in [-0.3, -0.25) is 4.79 Å². The van der Waals surface area contributed by atoms with Gasteiger partial charge in [0.2, 0.25) is 5.91 Å². The molecule has 0 heterocycles. The van der Waals surface area contributed by atoms with Gasteiger partial charge in [0, 0.05) is 5.69 Å². The zero-order chi connectivity index (χ0) is 17.5. The van der Waals surface area contributed by atoms with Crippen LogP contribution >= 0.6 is 11.6 Å². The largest absolute Gasteiger partial charge is 0.494 e. The Labute approximate surface area is 143 Å². The van der Waals surface area contributed by atoms with Gasteiger partial charge in [0.25, 0.3) is 0 Å². The Morgan fingerprint density at radius 2 is 1.92 bits per heavy atom. The Balaban J connectivity index is 1.95. The number of benzene rings is 2. The zero-order valence-corrected chi connectivity index (χ0v) is 13.6. The summed E-state index contributed by atoms with van der Waals surface area (Å²) < 4.78 is 33.9. The molecule has 0 bridgehead atoms. The molecular formula is C17H16ClF2NO3. The van der Waals surface area contributed by atoms with E-state index in [1.807, 2.05) is 6.92 Å². The molecule has 0 aromatic heterocycles. The molecule has 2 rings (SSSR count). The molecule has 0 saturated carbocycles. The molecule has 0 radical (unpaired) electrons. The first kappa shape index (κ1) is 18.0. The maximum atomic E-state index is 12.2. The summed E-state index contributed by atoms with van der Waals surface area (Å²) >= 11 is 5.84. The van der Waals surface area contributed by atoms with Crippen LogP contribution in [0.3, 0.4) is 0 Å². The molecule has 4 nitrogen and oxygen atoms in total. The minimum Gasteiger partial charge on any atom is -0.494 e. The fraction of sp³-hybridized carbons (Fsp3) is 0.235. The third-order valence-electron chi connectivity index (χ3n) is 3.03. The van der Waals surface area contributed by atoms with Gasteiger partial charge >= 0.3 is 6.61 Å². The van der Waals surface area contributed by atoms with Crippen molar-refractivity contribution in [2.45, 2.75) is 20.0 Å². The van der Waals surface area contributed by atoms with Gasteiger partial charge in [-0.15, -0.1) is 0 Å². The summed E-state index contributed by atoms with van der Waals surface area (Å²) in [6.45, 7) is -0.488. The Bertz CT molecular complexity index is 693. The van der Waals surface area contributed by atoms with Gasteiger partial charge in [0.05, 0.1) is 18.1 Å². The third kappa shape index (κ3) is 5.38. The number of carbonyl (C=O) groups is 1. The van der Waals surface area contributed by atoms with Crippen molar-refractivity contribution in [3.05, 3.63) is 53.1 Å². The molecule has 2 aromatic carbocycles. The summed E-state index contributed by atoms with van der Waals surface area (Å²) in [5.74, 6) is 0.344. The minimum atomic E-state index is -2.96. The van der Waals surface area contributed by atoms with E-state index in [4.69, 9.17) is 16.3 Å². The van der Waals surface area contributed by atoms with Gasteiger partial charge in [-0.1, -0.05) is 23.7 Å². The molecular weight excluding hydrogens is 340 g/mol. The molecule has 0 saturated heterocycles. The Morgan fingerprint density at radius 1 is 1.21 bits per heavy atom. The lowest BCUT2D eigenvalue weighted by molar-refractivity contribution is -0.115. The molecule has 128 valence electrons. The highest BCUT2D eigenvalue weighted by atomic mass is 35.5. The molecule has 0 atom stereocenters. The van der Waals surface area contributed by atoms with E-state index in [9.17, 15) is 13.6 Å². The third-order valence-corrected chi connectivity index (χ3v) is 3.33. The van der Waals surface area contributed by atoms with E-state index in [0.29, 0.717) is 12.3 Å². The molecule has 24 heavy (non-hydrogen) atoms. The van der Waals surface area contributed by atoms with Crippen LogP contribution in [-0.4, -0.2) is 19.1 Å². The SMILES string of the molecule is CCOc1ccc(CC(=O)Nc2ccc(OC(F)F)c(Cl)c2)cc1. The lowest BCUT2D eigenvalue weighted by atomic mass is 10.1. The first-order valence-electron chi connectivity index (χ1n) is 7.24. The number of hydrogen-bond acceptors (Lipinski definition) is 3. The van der Waals surface area contributed by atoms with Crippen LogP contribution in [0.4, 0.5) is 14.5 Å². The van der Waals surface area contributed by atoms with Crippen molar-refractivity contribution in [2.75, 3.05) is 11.9 Å². The standard InChI is InChI=1S/C17H16ClF2NO3/c1-2-23-13-6-3-11(4-7-13)9-16(22)21-12-5-8-15(14(18)10-12)24-17(19)20/h3-8,10,17H,2,9H2,1H3,(H,21,22). The van der Waals surface area contributed by atoms with Crippen molar-refractivity contribution in [3.63, 3.8) is 0 Å². The second kappa shape index (κ2) is 8.49. The zero-order valence-electron chi connectivity index (χ0n) is 12.9. The monoisotopic (exact) mass is 355 g/mol. The fourth-order valence-electron chi connectivity index (χ4n) is 2.03. The van der Waals surface area contributed by atoms with E-state index in [0.717, 1.165) is 11.3 Å². The van der Waals surface area contributed by atoms with Gasteiger partial charge in [-0.2, -0.15) is 8.78 Å². The number of anilines is 1. The Kier molecular flexibility index (Phi) is 6.37. The number of hydrogen-bond donors (Lipinski definition) is 1. The van der Waals surface area contributed by atoms with Crippen molar-refractivity contribution >= 4 is 23.2 Å². The molecule has 0 unspecified atom stereocenters. The van der Waals surface area contributed by atoms with Crippen molar-refractivity contribution < 1.29 is 23.0 Å². The van der Waals surface area contributed by atoms with Crippen LogP contribution in [0.15, 0.2) is 42.5 Å². The van der Waals surface area contributed by atoms with Gasteiger partial charge in [0.1, 0.15) is 11.5 Å². The molecule has 0 spiro atoms. The summed E-state index contributed by atoms with van der Waals surface area (Å²) in [7, 11) is 0. The lowest BCUT2D eigenvalue weighted by Crippen LogP contribution is -2.14. The van der Waals surface area contributed by atoms with E-state index in [-0.39, 0.29) is 23.1 Å². The molecule has 0 aliphatic rings. The molecule has 0 fully saturated rings. The summed E-state index contributed by atoms with van der Waals surface area (Å²) in [4.78, 5) is 12.0. The summed E-state index contributed by atoms with van der Waals surface area (Å²) in [5.41, 5.74) is 1.22. The highest BCUT2D eigenvalue weighted by molar-refractivity contribution is 6.32. The number of nitrogens with one attached hydrogen (secondary N) is 1. The molecule has 1 N–H and O–H groups in total. The van der Waals surface area contributed by atoms with Gasteiger partial charge < -0.3 is 14.8 Å². The average Bonchev–Trinajstić information content (AvgIpc) is 2.52. The predicted octanol–water partition coefficient (Wildman–Crippen LogP) is 4.52. The van der Waals surface area contributed by atoms with E-state index in [1.165, 1.54) is 18.2 Å². The topological polar surface area (TPSA) is 47.6 Å². The lowest BCUT2D eigenvalue weighted by Gasteiger charge is -2.10. The first-order chi connectivity index (χ1) is 11.5. The van der Waals surface area contributed by atoms with Crippen LogP contribution in [0.2, 0.25) is 5.02 Å². The first-order valence-corrected chi connectivity index (χ1v) is 7.61. The highest BCUT2D eigenvalue weighted by Crippen LogP contribution is 2.29. The molecule has 1 amide bonds. The van der Waals surface area contributed by atoms with E-state index in [2.05, 4.69) is 10.1 Å². The predicted molar refractivity (Wildman–Crippen MR) is 88.0 cm³/mol. The summed E-state index contributed by atoms with van der Waals surface area (Å²) in [5, 5.41) is 2.65. The molecule has 0 aliphatic heterocycles. The fourth-order valence-corrected chi connectivity index (χ4v) is 2.26. The number of halogens is 3. The van der Waals surface area contributed by atoms with E-state index < -0.39 is 6.61 Å². The summed E-state index contributed by atoms with van der Waals surface area (Å²) in [6.07, 6.45) is 0.166. The van der Waals surface area contributed by atoms with E-state index in [1.54, 1.807) is 24.3 Å². The molecule has 2 aromatic rings. The highest BCUT2D eigenvalue weighted by Gasteiger charge is 2.10. The van der Waals surface area contributed by atoms with Gasteiger partial charge in [-0.05, 0) is 42.8 Å². The smallest absolute Gasteiger partial charge is 0.387 e. The average molecular weight is 356 g/mol. The maximum Gasteiger partial charge on any atom is 0.387 e. The summed E-state index contributed by atoms with van der Waals surface area (Å²) in [6, 6.07) is 11.3. The Hall–Kier alpha value is -2.34. The second-order valence-corrected chi connectivity index (χ2v) is 5.23. The number of alkyl halides is 2. The van der Waals surface area contributed by atoms with Crippen molar-refractivity contribution in [1.82, 2.24) is 0 Å². The van der Waals surface area contributed by atoms with Crippen molar-refractivity contribution in [2.24, 2.45) is 0 Å². The van der Waals surface area contributed by atoms with Crippen LogP contribution in [0.5, 0.6) is 11.5 Å². The van der Waals surface area contributed by atoms with Crippen molar-refractivity contribution in [1.29, 1.82) is 0 Å². The molecule has 0 aliphatic carbocycles. The van der Waals surface area contributed by atoms with Crippen LogP contribution in [0, 0.1) is 0 Å². The second-order valence-electron chi connectivity index (χ2n) is 4.83. The maximum absolute atomic E-state index is 12.2. The number of amides is 1. The van der Waals surface area contributed by atoms with Crippen LogP contribution in [0.25, 0.3) is 0 Å². The Morgan fingerprint density at radius 3 is 2.50 bits per heavy atom. The van der Waals surface area contributed by atoms with Crippen molar-refractivity contribution in [3.8, 4) is 11.5 Å². The normalized spacial score (nSPS) is 10.5. The van der Waals surface area contributed by atoms with Crippen LogP contribution in [-0.2, 0) is 11.2 Å². The molecule has 7 heteroatoms. The van der Waals surface area contributed by atoms with Gasteiger partial charge in [-0.25, -0.2) is 0 Å². The minimum absolute atomic E-state index is 0.00540. The van der Waals surface area contributed by atoms with Crippen LogP contribution in [0.1, 0.15) is 12.5 Å². The van der Waals surface area contributed by atoms with Crippen LogP contribution < -0.4 is 14.8 Å². The quantitative estimate of drug-likeness (QED) is 0.794.